The number of H-pyrrole nitrogens is 1. The lowest BCUT2D eigenvalue weighted by Gasteiger charge is -2.11. The average Bonchev–Trinajstić information content (AvgIpc) is 3.10. The Morgan fingerprint density at radius 3 is 2.48 bits per heavy atom. The monoisotopic (exact) mass is 310 g/mol. The highest BCUT2D eigenvalue weighted by atomic mass is 32.2. The summed E-state index contributed by atoms with van der Waals surface area (Å²) >= 11 is 0. The number of rotatable bonds is 4. The summed E-state index contributed by atoms with van der Waals surface area (Å²) in [5.41, 5.74) is 6.76. The van der Waals surface area contributed by atoms with Gasteiger partial charge >= 0.3 is 0 Å². The summed E-state index contributed by atoms with van der Waals surface area (Å²) < 4.78 is 37.4. The molecule has 4 N–H and O–H groups in total. The number of aromatic nitrogens is 2. The number of benzene rings is 1. The maximum Gasteiger partial charge on any atom is 0.267 e. The van der Waals surface area contributed by atoms with Crippen LogP contribution >= 0.6 is 0 Å². The minimum atomic E-state index is -3.76. The van der Waals surface area contributed by atoms with Gasteiger partial charge in [-0.05, 0) is 12.1 Å². The average molecular weight is 310 g/mol. The molecule has 3 rings (SSSR count). The van der Waals surface area contributed by atoms with Crippen LogP contribution in [0.1, 0.15) is 11.9 Å². The Morgan fingerprint density at radius 2 is 1.90 bits per heavy atom. The van der Waals surface area contributed by atoms with Crippen LogP contribution in [0.4, 0.5) is 11.5 Å². The van der Waals surface area contributed by atoms with E-state index in [1.165, 1.54) is 0 Å². The fourth-order valence-corrected chi connectivity index (χ4v) is 3.05. The van der Waals surface area contributed by atoms with Crippen molar-refractivity contribution in [3.63, 3.8) is 0 Å². The van der Waals surface area contributed by atoms with Gasteiger partial charge in [-0.2, -0.15) is 5.10 Å². The van der Waals surface area contributed by atoms with Gasteiger partial charge in [0.2, 0.25) is 0 Å². The normalized spacial score (nSPS) is 16.2. The van der Waals surface area contributed by atoms with Gasteiger partial charge in [0.05, 0.1) is 19.4 Å². The van der Waals surface area contributed by atoms with Crippen molar-refractivity contribution in [1.82, 2.24) is 10.2 Å². The first-order valence-electron chi connectivity index (χ1n) is 6.21. The molecule has 0 bridgehead atoms. The standard InChI is InChI=1S/C12H14N4O4S/c13-11-10(7-14-15-11)21(17,18)16-9-3-1-8(2-4-9)12-19-5-6-20-12/h1-4,7,12,16H,5-6H2,(H3,13,14,15). The zero-order valence-electron chi connectivity index (χ0n) is 10.9. The molecule has 0 atom stereocenters. The number of hydrogen-bond acceptors (Lipinski definition) is 6. The largest absolute Gasteiger partial charge is 0.383 e. The van der Waals surface area contributed by atoms with Gasteiger partial charge < -0.3 is 15.2 Å². The van der Waals surface area contributed by atoms with Crippen molar-refractivity contribution in [2.24, 2.45) is 0 Å². The molecule has 1 fully saturated rings. The Bertz CT molecular complexity index is 720. The number of nitrogens with zero attached hydrogens (tertiary/aromatic N) is 1. The third-order valence-electron chi connectivity index (χ3n) is 2.98. The van der Waals surface area contributed by atoms with Gasteiger partial charge in [0, 0.05) is 11.3 Å². The molecule has 0 saturated carbocycles. The van der Waals surface area contributed by atoms with Crippen molar-refractivity contribution in [2.45, 2.75) is 11.2 Å². The molecule has 1 saturated heterocycles. The summed E-state index contributed by atoms with van der Waals surface area (Å²) in [6.07, 6.45) is 0.770. The van der Waals surface area contributed by atoms with Crippen LogP contribution in [0.3, 0.4) is 0 Å². The molecule has 2 heterocycles. The molecule has 0 aliphatic carbocycles. The molecule has 1 aromatic heterocycles. The first-order valence-corrected chi connectivity index (χ1v) is 7.69. The zero-order valence-corrected chi connectivity index (χ0v) is 11.8. The number of nitrogens with two attached hydrogens (primary N) is 1. The van der Waals surface area contributed by atoms with Gasteiger partial charge in [-0.25, -0.2) is 8.42 Å². The highest BCUT2D eigenvalue weighted by molar-refractivity contribution is 7.92. The van der Waals surface area contributed by atoms with Gasteiger partial charge in [0.15, 0.2) is 6.29 Å². The maximum absolute atomic E-state index is 12.1. The molecule has 1 aliphatic rings. The van der Waals surface area contributed by atoms with Crippen molar-refractivity contribution >= 4 is 21.5 Å². The summed E-state index contributed by atoms with van der Waals surface area (Å²) in [6, 6.07) is 6.75. The van der Waals surface area contributed by atoms with Crippen molar-refractivity contribution in [3.8, 4) is 0 Å². The molecule has 1 aliphatic heterocycles. The molecule has 0 amide bonds. The minimum absolute atomic E-state index is 0.00752. The predicted molar refractivity (Wildman–Crippen MR) is 74.9 cm³/mol. The lowest BCUT2D eigenvalue weighted by atomic mass is 10.2. The molecule has 0 radical (unpaired) electrons. The van der Waals surface area contributed by atoms with E-state index >= 15 is 0 Å². The third kappa shape index (κ3) is 2.84. The smallest absolute Gasteiger partial charge is 0.267 e. The molecule has 9 heteroatoms. The number of anilines is 2. The van der Waals surface area contributed by atoms with Crippen molar-refractivity contribution in [3.05, 3.63) is 36.0 Å². The first kappa shape index (κ1) is 13.9. The third-order valence-corrected chi connectivity index (χ3v) is 4.39. The van der Waals surface area contributed by atoms with Gasteiger partial charge in [-0.3, -0.25) is 9.82 Å². The second kappa shape index (κ2) is 5.35. The summed E-state index contributed by atoms with van der Waals surface area (Å²) in [4.78, 5) is -0.0889. The van der Waals surface area contributed by atoms with Crippen molar-refractivity contribution < 1.29 is 17.9 Å². The highest BCUT2D eigenvalue weighted by Crippen LogP contribution is 2.25. The summed E-state index contributed by atoms with van der Waals surface area (Å²) in [6.45, 7) is 1.11. The lowest BCUT2D eigenvalue weighted by molar-refractivity contribution is -0.0441. The van der Waals surface area contributed by atoms with E-state index in [4.69, 9.17) is 15.2 Å². The zero-order chi connectivity index (χ0) is 14.9. The van der Waals surface area contributed by atoms with E-state index in [9.17, 15) is 8.42 Å². The molecular weight excluding hydrogens is 296 g/mol. The number of sulfonamides is 1. The fraction of sp³-hybridized carbons (Fsp3) is 0.250. The molecule has 2 aromatic rings. The molecule has 112 valence electrons. The van der Waals surface area contributed by atoms with Crippen molar-refractivity contribution in [1.29, 1.82) is 0 Å². The van der Waals surface area contributed by atoms with E-state index in [-0.39, 0.29) is 17.0 Å². The van der Waals surface area contributed by atoms with Crippen LogP contribution in [0.5, 0.6) is 0 Å². The highest BCUT2D eigenvalue weighted by Gasteiger charge is 2.21. The SMILES string of the molecule is Nc1[nH]ncc1S(=O)(=O)Nc1ccc(C2OCCO2)cc1. The summed E-state index contributed by atoms with van der Waals surface area (Å²) in [5, 5.41) is 5.98. The van der Waals surface area contributed by atoms with E-state index in [0.717, 1.165) is 11.8 Å². The minimum Gasteiger partial charge on any atom is -0.383 e. The molecule has 8 nitrogen and oxygen atoms in total. The number of nitrogen functional groups attached to an aromatic ring is 1. The number of hydrogen-bond donors (Lipinski definition) is 3. The molecule has 21 heavy (non-hydrogen) atoms. The Morgan fingerprint density at radius 1 is 1.24 bits per heavy atom. The molecule has 0 spiro atoms. The second-order valence-electron chi connectivity index (χ2n) is 4.45. The van der Waals surface area contributed by atoms with Crippen LogP contribution in [0.15, 0.2) is 35.4 Å². The van der Waals surface area contributed by atoms with Crippen LogP contribution in [-0.4, -0.2) is 31.8 Å². The van der Waals surface area contributed by atoms with E-state index < -0.39 is 10.0 Å². The Kier molecular flexibility index (Phi) is 3.53. The van der Waals surface area contributed by atoms with E-state index in [1.54, 1.807) is 24.3 Å². The van der Waals surface area contributed by atoms with Gasteiger partial charge in [0.25, 0.3) is 10.0 Å². The van der Waals surface area contributed by atoms with Gasteiger partial charge in [-0.1, -0.05) is 12.1 Å². The van der Waals surface area contributed by atoms with E-state index in [2.05, 4.69) is 14.9 Å². The maximum atomic E-state index is 12.1. The summed E-state index contributed by atoms with van der Waals surface area (Å²) in [5.74, 6) is -0.00752. The lowest BCUT2D eigenvalue weighted by Crippen LogP contribution is -2.14. The first-order chi connectivity index (χ1) is 10.1. The van der Waals surface area contributed by atoms with E-state index in [0.29, 0.717) is 18.9 Å². The van der Waals surface area contributed by atoms with Crippen LogP contribution in [0.25, 0.3) is 0 Å². The van der Waals surface area contributed by atoms with Gasteiger partial charge in [-0.15, -0.1) is 0 Å². The van der Waals surface area contributed by atoms with E-state index in [1.807, 2.05) is 0 Å². The topological polar surface area (TPSA) is 119 Å². The summed E-state index contributed by atoms with van der Waals surface area (Å²) in [7, 11) is -3.76. The Hall–Kier alpha value is -2.10. The number of aromatic amines is 1. The van der Waals surface area contributed by atoms with Crippen molar-refractivity contribution in [2.75, 3.05) is 23.7 Å². The quantitative estimate of drug-likeness (QED) is 0.769. The number of nitrogens with one attached hydrogen (secondary N) is 2. The number of ether oxygens (including phenoxy) is 2. The fourth-order valence-electron chi connectivity index (χ4n) is 1.97. The van der Waals surface area contributed by atoms with Gasteiger partial charge in [0.1, 0.15) is 10.7 Å². The molecule has 0 unspecified atom stereocenters. The molecular formula is C12H14N4O4S. The molecule has 1 aromatic carbocycles. The Balaban J connectivity index is 1.77. The van der Waals surface area contributed by atoms with Crippen LogP contribution in [0, 0.1) is 0 Å². The van der Waals surface area contributed by atoms with Crippen LogP contribution in [-0.2, 0) is 19.5 Å². The van der Waals surface area contributed by atoms with Crippen LogP contribution in [0.2, 0.25) is 0 Å². The predicted octanol–water partition coefficient (Wildman–Crippen LogP) is 0.838. The van der Waals surface area contributed by atoms with Crippen LogP contribution < -0.4 is 10.5 Å². The Labute approximate surface area is 121 Å². The second-order valence-corrected chi connectivity index (χ2v) is 6.10.